The van der Waals surface area contributed by atoms with E-state index in [4.69, 9.17) is 11.6 Å². The van der Waals surface area contributed by atoms with Gasteiger partial charge in [-0.25, -0.2) is 8.78 Å². The summed E-state index contributed by atoms with van der Waals surface area (Å²) in [6.45, 7) is 2.41. The van der Waals surface area contributed by atoms with E-state index in [2.05, 4.69) is 5.32 Å². The summed E-state index contributed by atoms with van der Waals surface area (Å²) in [5, 5.41) is 3.37. The normalized spacial score (nSPS) is 12.4. The number of hydrogen-bond acceptors (Lipinski definition) is 1. The van der Waals surface area contributed by atoms with E-state index in [1.807, 2.05) is 6.92 Å². The molecule has 0 radical (unpaired) electrons. The van der Waals surface area contributed by atoms with E-state index < -0.39 is 5.82 Å². The summed E-state index contributed by atoms with van der Waals surface area (Å²) in [6.07, 6.45) is 0. The molecule has 1 unspecified atom stereocenters. The van der Waals surface area contributed by atoms with Gasteiger partial charge in [-0.05, 0) is 36.2 Å². The Hall–Kier alpha value is -1.45. The lowest BCUT2D eigenvalue weighted by Gasteiger charge is -2.15. The van der Waals surface area contributed by atoms with Crippen LogP contribution in [0.1, 0.15) is 24.1 Å². The molecule has 0 aliphatic rings. The molecule has 19 heavy (non-hydrogen) atoms. The average Bonchev–Trinajstić information content (AvgIpc) is 2.41. The Labute approximate surface area is 116 Å². The molecule has 100 valence electrons. The number of halogens is 3. The summed E-state index contributed by atoms with van der Waals surface area (Å²) in [4.78, 5) is 0. The zero-order valence-electron chi connectivity index (χ0n) is 10.5. The Balaban J connectivity index is 2.02. The second-order valence-electron chi connectivity index (χ2n) is 4.37. The smallest absolute Gasteiger partial charge is 0.142 e. The first-order valence-electron chi connectivity index (χ1n) is 5.99. The second kappa shape index (κ2) is 6.13. The maximum atomic E-state index is 13.3. The third kappa shape index (κ3) is 3.52. The van der Waals surface area contributed by atoms with Crippen LogP contribution < -0.4 is 5.32 Å². The first-order chi connectivity index (χ1) is 9.08. The maximum absolute atomic E-state index is 13.3. The third-order valence-corrected chi connectivity index (χ3v) is 3.42. The van der Waals surface area contributed by atoms with Crippen LogP contribution in [0.15, 0.2) is 42.5 Å². The van der Waals surface area contributed by atoms with E-state index in [1.165, 1.54) is 18.2 Å². The summed E-state index contributed by atoms with van der Waals surface area (Å²) < 4.78 is 26.1. The Bertz CT molecular complexity index is 555. The topological polar surface area (TPSA) is 12.0 Å². The van der Waals surface area contributed by atoms with Gasteiger partial charge >= 0.3 is 0 Å². The highest BCUT2D eigenvalue weighted by molar-refractivity contribution is 6.31. The maximum Gasteiger partial charge on any atom is 0.142 e. The molecule has 2 rings (SSSR count). The van der Waals surface area contributed by atoms with Crippen LogP contribution in [0.5, 0.6) is 0 Å². The SMILES string of the molecule is CC(NCc1cccc(F)c1Cl)c1ccc(F)cc1. The Morgan fingerprint density at radius 2 is 1.79 bits per heavy atom. The molecule has 1 N–H and O–H groups in total. The molecule has 0 amide bonds. The highest BCUT2D eigenvalue weighted by Gasteiger charge is 2.08. The van der Waals surface area contributed by atoms with Gasteiger partial charge in [0.2, 0.25) is 0 Å². The van der Waals surface area contributed by atoms with Crippen molar-refractivity contribution < 1.29 is 8.78 Å². The van der Waals surface area contributed by atoms with Gasteiger partial charge in [0.1, 0.15) is 11.6 Å². The van der Waals surface area contributed by atoms with Crippen molar-refractivity contribution in [3.63, 3.8) is 0 Å². The van der Waals surface area contributed by atoms with Crippen LogP contribution >= 0.6 is 11.6 Å². The fourth-order valence-corrected chi connectivity index (χ4v) is 2.01. The van der Waals surface area contributed by atoms with Crippen molar-refractivity contribution in [3.05, 3.63) is 70.2 Å². The Morgan fingerprint density at radius 3 is 2.47 bits per heavy atom. The van der Waals surface area contributed by atoms with Crippen LogP contribution in [-0.4, -0.2) is 0 Å². The minimum absolute atomic E-state index is 0.0277. The zero-order chi connectivity index (χ0) is 13.8. The molecule has 0 heterocycles. The van der Waals surface area contributed by atoms with Gasteiger partial charge in [0.15, 0.2) is 0 Å². The largest absolute Gasteiger partial charge is 0.306 e. The van der Waals surface area contributed by atoms with Gasteiger partial charge in [-0.1, -0.05) is 35.9 Å². The molecule has 4 heteroatoms. The number of benzene rings is 2. The molecule has 1 nitrogen and oxygen atoms in total. The summed E-state index contributed by atoms with van der Waals surface area (Å²) in [7, 11) is 0. The van der Waals surface area contributed by atoms with Gasteiger partial charge in [-0.2, -0.15) is 0 Å². The van der Waals surface area contributed by atoms with Crippen molar-refractivity contribution in [2.75, 3.05) is 0 Å². The monoisotopic (exact) mass is 281 g/mol. The van der Waals surface area contributed by atoms with Crippen LogP contribution in [0.3, 0.4) is 0 Å². The second-order valence-corrected chi connectivity index (χ2v) is 4.75. The molecular formula is C15H14ClF2N. The van der Waals surface area contributed by atoms with Crippen molar-refractivity contribution >= 4 is 11.6 Å². The molecule has 0 saturated carbocycles. The van der Waals surface area contributed by atoms with Crippen LogP contribution in [0.2, 0.25) is 5.02 Å². The molecular weight excluding hydrogens is 268 g/mol. The standard InChI is InChI=1S/C15H14ClF2N/c1-10(11-5-7-13(17)8-6-11)19-9-12-3-2-4-14(18)15(12)16/h2-8,10,19H,9H2,1H3. The highest BCUT2D eigenvalue weighted by Crippen LogP contribution is 2.21. The van der Waals surface area contributed by atoms with Crippen molar-refractivity contribution in [1.82, 2.24) is 5.32 Å². The van der Waals surface area contributed by atoms with Gasteiger partial charge in [-0.3, -0.25) is 0 Å². The van der Waals surface area contributed by atoms with E-state index in [0.29, 0.717) is 12.1 Å². The van der Waals surface area contributed by atoms with Gasteiger partial charge < -0.3 is 5.32 Å². The fraction of sp³-hybridized carbons (Fsp3) is 0.200. The lowest BCUT2D eigenvalue weighted by Crippen LogP contribution is -2.18. The molecule has 0 fully saturated rings. The quantitative estimate of drug-likeness (QED) is 0.872. The molecule has 0 spiro atoms. The lowest BCUT2D eigenvalue weighted by molar-refractivity contribution is 0.566. The Kier molecular flexibility index (Phi) is 4.51. The van der Waals surface area contributed by atoms with E-state index in [9.17, 15) is 8.78 Å². The van der Waals surface area contributed by atoms with Crippen molar-refractivity contribution in [2.24, 2.45) is 0 Å². The van der Waals surface area contributed by atoms with Crippen LogP contribution in [0.4, 0.5) is 8.78 Å². The third-order valence-electron chi connectivity index (χ3n) is 3.00. The molecule has 2 aromatic rings. The van der Waals surface area contributed by atoms with Gasteiger partial charge in [0.05, 0.1) is 5.02 Å². The van der Waals surface area contributed by atoms with Crippen molar-refractivity contribution in [1.29, 1.82) is 0 Å². The minimum Gasteiger partial charge on any atom is -0.306 e. The van der Waals surface area contributed by atoms with E-state index in [-0.39, 0.29) is 16.9 Å². The molecule has 0 bridgehead atoms. The number of hydrogen-bond donors (Lipinski definition) is 1. The van der Waals surface area contributed by atoms with Gasteiger partial charge in [0, 0.05) is 12.6 Å². The van der Waals surface area contributed by atoms with Gasteiger partial charge in [-0.15, -0.1) is 0 Å². The van der Waals surface area contributed by atoms with Crippen molar-refractivity contribution in [3.8, 4) is 0 Å². The van der Waals surface area contributed by atoms with E-state index >= 15 is 0 Å². The molecule has 0 saturated heterocycles. The minimum atomic E-state index is -0.421. The average molecular weight is 282 g/mol. The first-order valence-corrected chi connectivity index (χ1v) is 6.37. The predicted molar refractivity (Wildman–Crippen MR) is 73.1 cm³/mol. The number of nitrogens with one attached hydrogen (secondary N) is 1. The van der Waals surface area contributed by atoms with Crippen LogP contribution in [0.25, 0.3) is 0 Å². The molecule has 0 aliphatic heterocycles. The molecule has 1 atom stereocenters. The molecule has 0 aromatic heterocycles. The van der Waals surface area contributed by atoms with E-state index in [0.717, 1.165) is 5.56 Å². The number of rotatable bonds is 4. The van der Waals surface area contributed by atoms with Gasteiger partial charge in [0.25, 0.3) is 0 Å². The van der Waals surface area contributed by atoms with Crippen LogP contribution in [0, 0.1) is 11.6 Å². The highest BCUT2D eigenvalue weighted by atomic mass is 35.5. The summed E-state index contributed by atoms with van der Waals surface area (Å²) in [5.74, 6) is -0.681. The first kappa shape index (κ1) is 14.0. The van der Waals surface area contributed by atoms with Crippen molar-refractivity contribution in [2.45, 2.75) is 19.5 Å². The predicted octanol–water partition coefficient (Wildman–Crippen LogP) is 4.47. The lowest BCUT2D eigenvalue weighted by atomic mass is 10.1. The fourth-order valence-electron chi connectivity index (χ4n) is 1.82. The van der Waals surface area contributed by atoms with E-state index in [1.54, 1.807) is 24.3 Å². The summed E-state index contributed by atoms with van der Waals surface area (Å²) in [6, 6.07) is 11.0. The summed E-state index contributed by atoms with van der Waals surface area (Å²) in [5.41, 5.74) is 1.67. The Morgan fingerprint density at radius 1 is 1.11 bits per heavy atom. The molecule has 2 aromatic carbocycles. The molecule has 0 aliphatic carbocycles. The summed E-state index contributed by atoms with van der Waals surface area (Å²) >= 11 is 5.88. The van der Waals surface area contributed by atoms with Crippen LogP contribution in [-0.2, 0) is 6.54 Å². The zero-order valence-corrected chi connectivity index (χ0v) is 11.2.